The smallest absolute Gasteiger partial charge is 0.177 e. The number of hydrogen-bond acceptors (Lipinski definition) is 6. The lowest BCUT2D eigenvalue weighted by atomic mass is 10.2. The molecule has 0 unspecified atom stereocenters. The molecule has 1 aromatic carbocycles. The minimum Gasteiger partial charge on any atom is -0.352 e. The Balaban J connectivity index is 1.67. The zero-order valence-electron chi connectivity index (χ0n) is 13.0. The molecule has 114 valence electrons. The summed E-state index contributed by atoms with van der Waals surface area (Å²) in [5, 5.41) is 12.2. The van der Waals surface area contributed by atoms with Crippen molar-refractivity contribution in [2.45, 2.75) is 0 Å². The van der Waals surface area contributed by atoms with E-state index in [1.807, 2.05) is 6.07 Å². The fourth-order valence-electron chi connectivity index (χ4n) is 3.04. The van der Waals surface area contributed by atoms with E-state index < -0.39 is 0 Å². The molecule has 4 rings (SSSR count). The quantitative estimate of drug-likeness (QED) is 0.869. The first-order chi connectivity index (χ1) is 10.7. The Morgan fingerprint density at radius 3 is 2.55 bits per heavy atom. The Morgan fingerprint density at radius 2 is 1.73 bits per heavy atom. The van der Waals surface area contributed by atoms with Crippen LogP contribution in [0, 0.1) is 0 Å². The number of aromatic nitrogens is 2. The number of benzene rings is 1. The maximum Gasteiger partial charge on any atom is 0.177 e. The van der Waals surface area contributed by atoms with Crippen LogP contribution in [-0.2, 0) is 0 Å². The van der Waals surface area contributed by atoms with Crippen molar-refractivity contribution in [3.63, 3.8) is 0 Å². The lowest BCUT2D eigenvalue weighted by Gasteiger charge is -2.34. The molecule has 6 nitrogen and oxygen atoms in total. The monoisotopic (exact) mass is 296 g/mol. The van der Waals surface area contributed by atoms with Crippen LogP contribution in [0.2, 0.25) is 0 Å². The average Bonchev–Trinajstić information content (AvgIpc) is 2.56. The van der Waals surface area contributed by atoms with Crippen molar-refractivity contribution in [3.8, 4) is 0 Å². The van der Waals surface area contributed by atoms with Gasteiger partial charge in [-0.25, -0.2) is 0 Å². The van der Waals surface area contributed by atoms with Crippen LogP contribution in [0.5, 0.6) is 0 Å². The summed E-state index contributed by atoms with van der Waals surface area (Å²) in [7, 11) is 4.23. The molecular weight excluding hydrogens is 276 g/mol. The molecule has 22 heavy (non-hydrogen) atoms. The van der Waals surface area contributed by atoms with Crippen molar-refractivity contribution in [2.75, 3.05) is 55.4 Å². The second-order valence-corrected chi connectivity index (χ2v) is 5.93. The van der Waals surface area contributed by atoms with Crippen LogP contribution in [0.4, 0.5) is 28.7 Å². The fourth-order valence-corrected chi connectivity index (χ4v) is 3.04. The van der Waals surface area contributed by atoms with Crippen LogP contribution in [0.15, 0.2) is 30.3 Å². The van der Waals surface area contributed by atoms with Crippen molar-refractivity contribution in [2.24, 2.45) is 0 Å². The highest BCUT2D eigenvalue weighted by Gasteiger charge is 2.23. The number of anilines is 5. The van der Waals surface area contributed by atoms with Crippen molar-refractivity contribution in [1.29, 1.82) is 0 Å². The lowest BCUT2D eigenvalue weighted by Crippen LogP contribution is -2.45. The normalized spacial score (nSPS) is 17.7. The highest BCUT2D eigenvalue weighted by molar-refractivity contribution is 5.90. The van der Waals surface area contributed by atoms with Gasteiger partial charge in [-0.05, 0) is 19.2 Å². The average molecular weight is 296 g/mol. The molecule has 0 atom stereocenters. The Hall–Kier alpha value is -2.34. The summed E-state index contributed by atoms with van der Waals surface area (Å²) in [4.78, 5) is 6.82. The summed E-state index contributed by atoms with van der Waals surface area (Å²) in [6.45, 7) is 4.13. The van der Waals surface area contributed by atoms with E-state index in [2.05, 4.69) is 68.6 Å². The Kier molecular flexibility index (Phi) is 3.11. The molecule has 1 fully saturated rings. The van der Waals surface area contributed by atoms with Gasteiger partial charge in [0.2, 0.25) is 0 Å². The van der Waals surface area contributed by atoms with Gasteiger partial charge in [0.25, 0.3) is 0 Å². The van der Waals surface area contributed by atoms with Crippen molar-refractivity contribution in [3.05, 3.63) is 30.3 Å². The van der Waals surface area contributed by atoms with Crippen LogP contribution in [0.1, 0.15) is 0 Å². The van der Waals surface area contributed by atoms with E-state index in [4.69, 9.17) is 0 Å². The second-order valence-electron chi connectivity index (χ2n) is 5.93. The van der Waals surface area contributed by atoms with Crippen LogP contribution < -0.4 is 15.1 Å². The maximum absolute atomic E-state index is 4.42. The van der Waals surface area contributed by atoms with Crippen molar-refractivity contribution < 1.29 is 0 Å². The molecule has 0 radical (unpaired) electrons. The van der Waals surface area contributed by atoms with Gasteiger partial charge in [-0.15, -0.1) is 10.2 Å². The summed E-state index contributed by atoms with van der Waals surface area (Å²) < 4.78 is 0. The van der Waals surface area contributed by atoms with E-state index in [0.29, 0.717) is 0 Å². The van der Waals surface area contributed by atoms with Crippen LogP contribution in [0.3, 0.4) is 0 Å². The molecule has 2 aliphatic rings. The molecular formula is C16H20N6. The van der Waals surface area contributed by atoms with E-state index in [-0.39, 0.29) is 0 Å². The molecule has 2 aliphatic heterocycles. The van der Waals surface area contributed by atoms with Gasteiger partial charge in [0.15, 0.2) is 11.6 Å². The predicted octanol–water partition coefficient (Wildman–Crippen LogP) is 2.05. The third kappa shape index (κ3) is 2.16. The van der Waals surface area contributed by atoms with E-state index in [1.165, 1.54) is 0 Å². The van der Waals surface area contributed by atoms with E-state index in [1.54, 1.807) is 0 Å². The summed E-state index contributed by atoms with van der Waals surface area (Å²) in [5.41, 5.74) is 3.30. The first kappa shape index (κ1) is 13.3. The van der Waals surface area contributed by atoms with Gasteiger partial charge >= 0.3 is 0 Å². The zero-order valence-corrected chi connectivity index (χ0v) is 13.0. The summed E-state index contributed by atoms with van der Waals surface area (Å²) in [6.07, 6.45) is 0. The number of fused-ring (bicyclic) bond motifs is 2. The van der Waals surface area contributed by atoms with E-state index in [9.17, 15) is 0 Å². The molecule has 3 heterocycles. The minimum absolute atomic E-state index is 0.819. The largest absolute Gasteiger partial charge is 0.352 e. The molecule has 0 saturated carbocycles. The topological polar surface area (TPSA) is 47.5 Å². The molecule has 2 aromatic rings. The number of para-hydroxylation sites is 2. The summed E-state index contributed by atoms with van der Waals surface area (Å²) in [6, 6.07) is 10.4. The number of nitrogens with one attached hydrogen (secondary N) is 1. The number of nitrogens with zero attached hydrogens (tertiary/aromatic N) is 5. The van der Waals surface area contributed by atoms with Gasteiger partial charge in [-0.2, -0.15) is 0 Å². The van der Waals surface area contributed by atoms with Gasteiger partial charge in [-0.1, -0.05) is 12.1 Å². The van der Waals surface area contributed by atoms with Gasteiger partial charge in [0.05, 0.1) is 17.1 Å². The van der Waals surface area contributed by atoms with E-state index in [0.717, 1.165) is 54.9 Å². The standard InChI is InChI=1S/C16H20N6/c1-20-7-9-22(10-8-20)15-11-14-16(19-18-15)17-12-5-3-4-6-13(12)21(14)2/h3-6,11H,7-10H2,1-2H3,(H,17,19). The Labute approximate surface area is 130 Å². The molecule has 0 amide bonds. The SMILES string of the molecule is CN1CCN(c2cc3c(nn2)Nc2ccccc2N3C)CC1. The van der Waals surface area contributed by atoms with Crippen LogP contribution in [0.25, 0.3) is 0 Å². The van der Waals surface area contributed by atoms with Crippen LogP contribution in [-0.4, -0.2) is 55.4 Å². The molecule has 1 saturated heterocycles. The first-order valence-electron chi connectivity index (χ1n) is 7.63. The number of likely N-dealkylation sites (N-methyl/N-ethyl adjacent to an activating group) is 1. The molecule has 1 N–H and O–H groups in total. The predicted molar refractivity (Wildman–Crippen MR) is 89.5 cm³/mol. The third-order valence-electron chi connectivity index (χ3n) is 4.47. The van der Waals surface area contributed by atoms with Gasteiger partial charge in [0, 0.05) is 39.3 Å². The van der Waals surface area contributed by atoms with Crippen molar-refractivity contribution >= 4 is 28.7 Å². The zero-order chi connectivity index (χ0) is 15.1. The number of hydrogen-bond donors (Lipinski definition) is 1. The first-order valence-corrected chi connectivity index (χ1v) is 7.63. The van der Waals surface area contributed by atoms with Crippen LogP contribution >= 0.6 is 0 Å². The molecule has 1 aromatic heterocycles. The lowest BCUT2D eigenvalue weighted by molar-refractivity contribution is 0.312. The summed E-state index contributed by atoms with van der Waals surface area (Å²) in [5.74, 6) is 1.78. The number of rotatable bonds is 1. The fraction of sp³-hybridized carbons (Fsp3) is 0.375. The molecule has 0 aliphatic carbocycles. The maximum atomic E-state index is 4.42. The highest BCUT2D eigenvalue weighted by Crippen LogP contribution is 2.41. The Bertz CT molecular complexity index is 693. The molecule has 0 spiro atoms. The van der Waals surface area contributed by atoms with Crippen molar-refractivity contribution in [1.82, 2.24) is 15.1 Å². The highest BCUT2D eigenvalue weighted by atomic mass is 15.3. The molecule has 6 heteroatoms. The Morgan fingerprint density at radius 1 is 0.955 bits per heavy atom. The third-order valence-corrected chi connectivity index (χ3v) is 4.47. The summed E-state index contributed by atoms with van der Waals surface area (Å²) >= 11 is 0. The van der Waals surface area contributed by atoms with Gasteiger partial charge in [-0.3, -0.25) is 0 Å². The molecule has 0 bridgehead atoms. The minimum atomic E-state index is 0.819. The van der Waals surface area contributed by atoms with E-state index >= 15 is 0 Å². The second kappa shape index (κ2) is 5.14. The van der Waals surface area contributed by atoms with Gasteiger partial charge in [0.1, 0.15) is 0 Å². The number of piperazine rings is 1. The van der Waals surface area contributed by atoms with Gasteiger partial charge < -0.3 is 20.0 Å².